The van der Waals surface area contributed by atoms with E-state index in [1.807, 2.05) is 0 Å². The van der Waals surface area contributed by atoms with Crippen molar-refractivity contribution in [3.05, 3.63) is 11.9 Å². The van der Waals surface area contributed by atoms with E-state index in [-0.39, 0.29) is 23.1 Å². The van der Waals surface area contributed by atoms with Crippen LogP contribution in [0.2, 0.25) is 0 Å². The van der Waals surface area contributed by atoms with Crippen LogP contribution in [0.1, 0.15) is 11.8 Å². The maximum Gasteiger partial charge on any atom is 0.240 e. The third-order valence-electron chi connectivity index (χ3n) is 3.22. The largest absolute Gasteiger partial charge is 0.394 e. The summed E-state index contributed by atoms with van der Waals surface area (Å²) in [6.07, 6.45) is -3.94. The highest BCUT2D eigenvalue weighted by Crippen LogP contribution is 2.35. The molecule has 1 fully saturated rings. The van der Waals surface area contributed by atoms with Crippen LogP contribution in [0.4, 0.5) is 16.2 Å². The SMILES string of the molecule is Nc1nc(N)c2ncc([C@@H]3O[C@H](CO)[C@@H](O)[C@H]3F)n2n1. The molecule has 108 valence electrons. The van der Waals surface area contributed by atoms with Crippen LogP contribution in [0.5, 0.6) is 0 Å². The zero-order valence-electron chi connectivity index (χ0n) is 10.2. The van der Waals surface area contributed by atoms with Gasteiger partial charge >= 0.3 is 0 Å². The number of nitrogen functional groups attached to an aromatic ring is 2. The second-order valence-corrected chi connectivity index (χ2v) is 4.49. The summed E-state index contributed by atoms with van der Waals surface area (Å²) in [6, 6.07) is 0. The third kappa shape index (κ3) is 1.77. The van der Waals surface area contributed by atoms with Crippen LogP contribution >= 0.6 is 0 Å². The van der Waals surface area contributed by atoms with Gasteiger partial charge in [-0.15, -0.1) is 5.10 Å². The van der Waals surface area contributed by atoms with Gasteiger partial charge in [0.05, 0.1) is 18.5 Å². The van der Waals surface area contributed by atoms with Crippen molar-refractivity contribution < 1.29 is 19.3 Å². The van der Waals surface area contributed by atoms with Gasteiger partial charge in [-0.25, -0.2) is 13.9 Å². The van der Waals surface area contributed by atoms with Crippen LogP contribution < -0.4 is 11.5 Å². The Morgan fingerprint density at radius 3 is 2.85 bits per heavy atom. The van der Waals surface area contributed by atoms with Gasteiger partial charge in [-0.3, -0.25) is 0 Å². The maximum atomic E-state index is 14.1. The minimum atomic E-state index is -1.72. The lowest BCUT2D eigenvalue weighted by Gasteiger charge is -2.12. The van der Waals surface area contributed by atoms with Crippen LogP contribution in [0.3, 0.4) is 0 Å². The van der Waals surface area contributed by atoms with E-state index < -0.39 is 31.1 Å². The molecule has 1 saturated heterocycles. The van der Waals surface area contributed by atoms with Gasteiger partial charge in [-0.1, -0.05) is 0 Å². The van der Waals surface area contributed by atoms with Crippen LogP contribution in [0, 0.1) is 0 Å². The molecule has 0 unspecified atom stereocenters. The number of hydrogen-bond acceptors (Lipinski definition) is 8. The molecule has 0 spiro atoms. The van der Waals surface area contributed by atoms with Gasteiger partial charge in [0.15, 0.2) is 17.6 Å². The zero-order chi connectivity index (χ0) is 14.4. The van der Waals surface area contributed by atoms with Gasteiger partial charge in [-0.2, -0.15) is 4.98 Å². The number of aliphatic hydroxyl groups is 2. The molecule has 20 heavy (non-hydrogen) atoms. The van der Waals surface area contributed by atoms with Gasteiger partial charge in [0.25, 0.3) is 0 Å². The number of hydrogen-bond donors (Lipinski definition) is 4. The van der Waals surface area contributed by atoms with E-state index in [9.17, 15) is 9.50 Å². The van der Waals surface area contributed by atoms with E-state index in [4.69, 9.17) is 21.3 Å². The smallest absolute Gasteiger partial charge is 0.240 e. The minimum Gasteiger partial charge on any atom is -0.394 e. The molecule has 2 aromatic heterocycles. The second kappa shape index (κ2) is 4.51. The van der Waals surface area contributed by atoms with Crippen molar-refractivity contribution in [2.45, 2.75) is 24.5 Å². The fraction of sp³-hybridized carbons (Fsp3) is 0.500. The lowest BCUT2D eigenvalue weighted by atomic mass is 10.1. The Kier molecular flexibility index (Phi) is 2.92. The number of nitrogens with two attached hydrogens (primary N) is 2. The summed E-state index contributed by atoms with van der Waals surface area (Å²) in [4.78, 5) is 7.72. The Labute approximate surface area is 112 Å². The van der Waals surface area contributed by atoms with E-state index in [1.54, 1.807) is 0 Å². The van der Waals surface area contributed by atoms with Crippen molar-refractivity contribution in [2.24, 2.45) is 0 Å². The molecule has 0 saturated carbocycles. The summed E-state index contributed by atoms with van der Waals surface area (Å²) in [5.74, 6) is -0.0432. The molecule has 4 atom stereocenters. The van der Waals surface area contributed by atoms with Crippen molar-refractivity contribution in [1.29, 1.82) is 0 Å². The number of anilines is 2. The number of rotatable bonds is 2. The van der Waals surface area contributed by atoms with Crippen molar-refractivity contribution in [3.63, 3.8) is 0 Å². The first-order chi connectivity index (χ1) is 9.52. The molecule has 0 bridgehead atoms. The minimum absolute atomic E-state index is 0.0522. The summed E-state index contributed by atoms with van der Waals surface area (Å²) >= 11 is 0. The highest BCUT2D eigenvalue weighted by atomic mass is 19.1. The molecule has 3 rings (SSSR count). The van der Waals surface area contributed by atoms with Crippen LogP contribution in [0.15, 0.2) is 6.20 Å². The van der Waals surface area contributed by atoms with E-state index in [1.165, 1.54) is 10.7 Å². The maximum absolute atomic E-state index is 14.1. The van der Waals surface area contributed by atoms with Crippen LogP contribution in [-0.2, 0) is 4.74 Å². The quantitative estimate of drug-likeness (QED) is 0.517. The summed E-state index contributed by atoms with van der Waals surface area (Å²) in [5, 5.41) is 22.6. The highest BCUT2D eigenvalue weighted by molar-refractivity contribution is 5.60. The molecule has 10 heteroatoms. The average molecular weight is 284 g/mol. The standard InChI is InChI=1S/C10H13FN6O3/c11-5-6(19)4(2-18)20-7(5)3-1-14-9-8(12)15-10(13)16-17(3)9/h1,4-7,18-19H,2H2,(H4,12,13,15,16)/t4-,5-,6-,7+/m1/s1. The number of fused-ring (bicyclic) bond motifs is 1. The first-order valence-electron chi connectivity index (χ1n) is 5.88. The topological polar surface area (TPSA) is 145 Å². The average Bonchev–Trinajstić information content (AvgIpc) is 2.93. The Morgan fingerprint density at radius 1 is 1.45 bits per heavy atom. The fourth-order valence-electron chi connectivity index (χ4n) is 2.24. The van der Waals surface area contributed by atoms with Crippen LogP contribution in [0.25, 0.3) is 5.65 Å². The predicted octanol–water partition coefficient (Wildman–Crippen LogP) is -1.58. The van der Waals surface area contributed by atoms with Gasteiger partial charge in [0, 0.05) is 0 Å². The molecule has 3 heterocycles. The molecular weight excluding hydrogens is 271 g/mol. The fourth-order valence-corrected chi connectivity index (χ4v) is 2.24. The van der Waals surface area contributed by atoms with Gasteiger partial charge in [0.1, 0.15) is 18.3 Å². The van der Waals surface area contributed by atoms with Gasteiger partial charge < -0.3 is 26.4 Å². The van der Waals surface area contributed by atoms with E-state index in [0.29, 0.717) is 0 Å². The van der Waals surface area contributed by atoms with Crippen molar-refractivity contribution in [2.75, 3.05) is 18.1 Å². The number of nitrogens with zero attached hydrogens (tertiary/aromatic N) is 4. The lowest BCUT2D eigenvalue weighted by Crippen LogP contribution is -2.30. The van der Waals surface area contributed by atoms with E-state index in [0.717, 1.165) is 0 Å². The molecule has 0 aromatic carbocycles. The highest BCUT2D eigenvalue weighted by Gasteiger charge is 2.46. The van der Waals surface area contributed by atoms with Gasteiger partial charge in [-0.05, 0) is 0 Å². The first kappa shape index (κ1) is 13.0. The third-order valence-corrected chi connectivity index (χ3v) is 3.22. The van der Waals surface area contributed by atoms with Gasteiger partial charge in [0.2, 0.25) is 5.95 Å². The molecule has 0 aliphatic carbocycles. The van der Waals surface area contributed by atoms with Crippen molar-refractivity contribution >= 4 is 17.4 Å². The number of aromatic nitrogens is 4. The predicted molar refractivity (Wildman–Crippen MR) is 65.2 cm³/mol. The molecule has 0 amide bonds. The Hall–Kier alpha value is -2.04. The van der Waals surface area contributed by atoms with Crippen molar-refractivity contribution in [3.8, 4) is 0 Å². The monoisotopic (exact) mass is 284 g/mol. The molecular formula is C10H13FN6O3. The number of aliphatic hydroxyl groups excluding tert-OH is 2. The first-order valence-corrected chi connectivity index (χ1v) is 5.88. The summed E-state index contributed by atoms with van der Waals surface area (Å²) < 4.78 is 20.6. The zero-order valence-corrected chi connectivity index (χ0v) is 10.2. The molecule has 0 radical (unpaired) electrons. The summed E-state index contributed by atoms with van der Waals surface area (Å²) in [7, 11) is 0. The summed E-state index contributed by atoms with van der Waals surface area (Å²) in [5.41, 5.74) is 11.6. The number of imidazole rings is 1. The molecule has 6 N–H and O–H groups in total. The lowest BCUT2D eigenvalue weighted by molar-refractivity contribution is -0.0241. The Morgan fingerprint density at radius 2 is 2.20 bits per heavy atom. The normalized spacial score (nSPS) is 30.1. The van der Waals surface area contributed by atoms with Crippen LogP contribution in [-0.4, -0.2) is 54.8 Å². The number of halogens is 1. The van der Waals surface area contributed by atoms with E-state index >= 15 is 0 Å². The number of ether oxygens (including phenoxy) is 1. The van der Waals surface area contributed by atoms with Crippen molar-refractivity contribution in [1.82, 2.24) is 19.6 Å². The summed E-state index contributed by atoms with van der Waals surface area (Å²) in [6.45, 7) is -0.492. The van der Waals surface area contributed by atoms with E-state index in [2.05, 4.69) is 15.1 Å². The molecule has 9 nitrogen and oxygen atoms in total. The second-order valence-electron chi connectivity index (χ2n) is 4.49. The Balaban J connectivity index is 2.07. The Bertz CT molecular complexity index is 649. The number of alkyl halides is 1. The molecule has 2 aromatic rings. The molecule has 1 aliphatic heterocycles. The molecule has 1 aliphatic rings.